The van der Waals surface area contributed by atoms with Crippen LogP contribution in [0.15, 0.2) is 66.7 Å². The van der Waals surface area contributed by atoms with E-state index in [0.717, 1.165) is 21.7 Å². The number of aromatic nitrogens is 1. The Balaban J connectivity index is 1.40. The van der Waals surface area contributed by atoms with Crippen molar-refractivity contribution in [3.05, 3.63) is 94.2 Å². The first-order chi connectivity index (χ1) is 19.8. The maximum absolute atomic E-state index is 14.4. The van der Waals surface area contributed by atoms with Crippen LogP contribution in [0.3, 0.4) is 0 Å². The van der Waals surface area contributed by atoms with E-state index >= 15 is 0 Å². The van der Waals surface area contributed by atoms with Crippen LogP contribution >= 0.6 is 11.3 Å². The van der Waals surface area contributed by atoms with Crippen LogP contribution in [0.25, 0.3) is 10.4 Å². The number of carbonyl (C=O) groups is 2. The highest BCUT2D eigenvalue weighted by atomic mass is 32.1. The lowest BCUT2D eigenvalue weighted by atomic mass is 10.1. The molecule has 0 bridgehead atoms. The van der Waals surface area contributed by atoms with Crippen LogP contribution in [0.4, 0.5) is 21.6 Å². The second kappa shape index (κ2) is 12.1. The zero-order chi connectivity index (χ0) is 29.1. The molecule has 3 heterocycles. The molecular formula is C31H32FN5O3S. The average Bonchev–Trinajstić information content (AvgIpc) is 3.35. The second-order valence-electron chi connectivity index (χ2n) is 9.95. The number of hydrogen-bond donors (Lipinski definition) is 3. The quantitative estimate of drug-likeness (QED) is 0.270. The summed E-state index contributed by atoms with van der Waals surface area (Å²) < 4.78 is 14.4. The first kappa shape index (κ1) is 28.3. The number of pyridine rings is 1. The molecule has 1 atom stereocenters. The van der Waals surface area contributed by atoms with Crippen LogP contribution in [0.1, 0.15) is 39.1 Å². The molecule has 1 unspecified atom stereocenters. The van der Waals surface area contributed by atoms with Crippen molar-refractivity contribution in [2.24, 2.45) is 0 Å². The Morgan fingerprint density at radius 3 is 2.71 bits per heavy atom. The fraction of sp³-hybridized carbons (Fsp3) is 0.258. The fourth-order valence-electron chi connectivity index (χ4n) is 4.92. The van der Waals surface area contributed by atoms with Crippen molar-refractivity contribution in [3.8, 4) is 10.4 Å². The molecule has 0 saturated carbocycles. The van der Waals surface area contributed by atoms with Crippen LogP contribution in [0.2, 0.25) is 0 Å². The molecule has 0 fully saturated rings. The van der Waals surface area contributed by atoms with Gasteiger partial charge in [-0.3, -0.25) is 9.59 Å². The van der Waals surface area contributed by atoms with E-state index in [9.17, 15) is 19.1 Å². The van der Waals surface area contributed by atoms with Crippen LogP contribution in [-0.4, -0.2) is 49.1 Å². The van der Waals surface area contributed by atoms with E-state index < -0.39 is 12.0 Å². The van der Waals surface area contributed by atoms with Gasteiger partial charge in [0, 0.05) is 49.7 Å². The molecule has 1 aliphatic rings. The van der Waals surface area contributed by atoms with Crippen LogP contribution in [0, 0.1) is 12.7 Å². The van der Waals surface area contributed by atoms with Crippen molar-refractivity contribution >= 4 is 40.3 Å². The van der Waals surface area contributed by atoms with Crippen molar-refractivity contribution in [2.75, 3.05) is 42.3 Å². The highest BCUT2D eigenvalue weighted by Gasteiger charge is 2.28. The minimum Gasteiger partial charge on any atom is -0.368 e. The van der Waals surface area contributed by atoms with Gasteiger partial charge in [-0.15, -0.1) is 11.3 Å². The van der Waals surface area contributed by atoms with E-state index in [0.29, 0.717) is 47.9 Å². The first-order valence-electron chi connectivity index (χ1n) is 13.4. The van der Waals surface area contributed by atoms with Gasteiger partial charge in [0.25, 0.3) is 5.91 Å². The summed E-state index contributed by atoms with van der Waals surface area (Å²) in [4.78, 5) is 34.8. The van der Waals surface area contributed by atoms with Crippen LogP contribution in [0.5, 0.6) is 0 Å². The number of nitrogens with zero attached hydrogens (tertiary/aromatic N) is 3. The summed E-state index contributed by atoms with van der Waals surface area (Å²) in [5, 5.41) is 16.9. The molecule has 2 amide bonds. The van der Waals surface area contributed by atoms with E-state index in [-0.39, 0.29) is 17.5 Å². The average molecular weight is 574 g/mol. The topological polar surface area (TPSA) is 97.8 Å². The first-order valence-corrected chi connectivity index (χ1v) is 14.2. The van der Waals surface area contributed by atoms with Crippen LogP contribution < -0.4 is 20.4 Å². The summed E-state index contributed by atoms with van der Waals surface area (Å²) in [7, 11) is 3.47. The molecule has 3 N–H and O–H groups in total. The molecule has 2 aromatic heterocycles. The third kappa shape index (κ3) is 5.94. The van der Waals surface area contributed by atoms with Gasteiger partial charge in [0.1, 0.15) is 11.6 Å². The molecule has 212 valence electrons. The summed E-state index contributed by atoms with van der Waals surface area (Å²) in [6.07, 6.45) is -0.0808. The Labute approximate surface area is 242 Å². The van der Waals surface area contributed by atoms with Gasteiger partial charge in [-0.2, -0.15) is 0 Å². The highest BCUT2D eigenvalue weighted by Crippen LogP contribution is 2.43. The van der Waals surface area contributed by atoms with Crippen molar-refractivity contribution in [1.82, 2.24) is 10.3 Å². The van der Waals surface area contributed by atoms with Crippen LogP contribution in [-0.2, 0) is 11.2 Å². The Kier molecular flexibility index (Phi) is 8.32. The number of halogens is 1. The SMILES string of the molecule is CNC(=O)CCN(C)c1cccc(C(O)N2CCc3cc(C(=O)Nc4c(C)cccc4F)sc3-c3ccccc32)n1. The number of anilines is 3. The maximum Gasteiger partial charge on any atom is 0.265 e. The van der Waals surface area contributed by atoms with Crippen molar-refractivity contribution in [2.45, 2.75) is 26.0 Å². The number of rotatable bonds is 8. The standard InChI is InChI=1S/C31H32FN5O3S/c1-19-8-6-10-22(32)28(19)35-30(39)25-18-20-14-17-37(24-12-5-4-9-21(24)29(20)41-25)31(40)23-11-7-13-26(34-23)36(3)16-15-27(38)33-2/h4-13,18,31,40H,14-17H2,1-3H3,(H,33,38)(H,35,39). The van der Waals surface area contributed by atoms with Crippen molar-refractivity contribution < 1.29 is 19.1 Å². The Hall–Kier alpha value is -4.28. The van der Waals surface area contributed by atoms with Gasteiger partial charge < -0.3 is 25.5 Å². The number of para-hydroxylation sites is 2. The Bertz CT molecular complexity index is 1570. The minimum absolute atomic E-state index is 0.0512. The number of aliphatic hydroxyl groups is 1. The third-order valence-electron chi connectivity index (χ3n) is 7.23. The molecule has 0 spiro atoms. The Morgan fingerprint density at radius 2 is 1.93 bits per heavy atom. The molecule has 8 nitrogen and oxygen atoms in total. The summed E-state index contributed by atoms with van der Waals surface area (Å²) in [6.45, 7) is 2.74. The van der Waals surface area contributed by atoms with E-state index in [1.54, 1.807) is 32.2 Å². The van der Waals surface area contributed by atoms with Gasteiger partial charge in [-0.1, -0.05) is 36.4 Å². The minimum atomic E-state index is -1.01. The zero-order valence-corrected chi connectivity index (χ0v) is 24.0. The summed E-state index contributed by atoms with van der Waals surface area (Å²) >= 11 is 1.36. The number of aliphatic hydroxyl groups excluding tert-OH is 1. The summed E-state index contributed by atoms with van der Waals surface area (Å²) in [6, 6.07) is 19.8. The molecule has 41 heavy (non-hydrogen) atoms. The predicted molar refractivity (Wildman–Crippen MR) is 161 cm³/mol. The third-order valence-corrected chi connectivity index (χ3v) is 8.44. The molecule has 1 aliphatic heterocycles. The number of carbonyl (C=O) groups excluding carboxylic acids is 2. The summed E-state index contributed by atoms with van der Waals surface area (Å²) in [5.41, 5.74) is 4.06. The number of amides is 2. The maximum atomic E-state index is 14.4. The molecule has 2 aromatic carbocycles. The lowest BCUT2D eigenvalue weighted by molar-refractivity contribution is -0.120. The van der Waals surface area contributed by atoms with E-state index in [2.05, 4.69) is 10.6 Å². The van der Waals surface area contributed by atoms with Crippen molar-refractivity contribution in [1.29, 1.82) is 0 Å². The summed E-state index contributed by atoms with van der Waals surface area (Å²) in [5.74, 6) is -0.216. The van der Waals surface area contributed by atoms with Gasteiger partial charge in [-0.05, 0) is 54.8 Å². The molecule has 0 saturated heterocycles. The van der Waals surface area contributed by atoms with Gasteiger partial charge in [0.2, 0.25) is 5.91 Å². The molecule has 0 aliphatic carbocycles. The highest BCUT2D eigenvalue weighted by molar-refractivity contribution is 7.17. The van der Waals surface area contributed by atoms with Crippen molar-refractivity contribution in [3.63, 3.8) is 0 Å². The number of aryl methyl sites for hydroxylation is 1. The second-order valence-corrected chi connectivity index (χ2v) is 11.0. The number of fused-ring (bicyclic) bond motifs is 3. The van der Waals surface area contributed by atoms with E-state index in [1.165, 1.54) is 17.4 Å². The number of benzene rings is 2. The van der Waals surface area contributed by atoms with Gasteiger partial charge in [-0.25, -0.2) is 9.37 Å². The lowest BCUT2D eigenvalue weighted by Gasteiger charge is -2.30. The van der Waals surface area contributed by atoms with Gasteiger partial charge >= 0.3 is 0 Å². The Morgan fingerprint density at radius 1 is 1.15 bits per heavy atom. The van der Waals surface area contributed by atoms with E-state index in [4.69, 9.17) is 4.98 Å². The smallest absolute Gasteiger partial charge is 0.265 e. The monoisotopic (exact) mass is 573 g/mol. The predicted octanol–water partition coefficient (Wildman–Crippen LogP) is 5.14. The zero-order valence-electron chi connectivity index (χ0n) is 23.1. The normalized spacial score (nSPS) is 13.0. The number of hydrogen-bond acceptors (Lipinski definition) is 7. The lowest BCUT2D eigenvalue weighted by Crippen LogP contribution is -2.31. The number of nitrogens with one attached hydrogen (secondary N) is 2. The molecular weight excluding hydrogens is 541 g/mol. The van der Waals surface area contributed by atoms with E-state index in [1.807, 2.05) is 59.3 Å². The molecule has 5 rings (SSSR count). The molecule has 0 radical (unpaired) electrons. The van der Waals surface area contributed by atoms with Gasteiger partial charge in [0.15, 0.2) is 6.23 Å². The molecule has 4 aromatic rings. The van der Waals surface area contributed by atoms with Gasteiger partial charge in [0.05, 0.1) is 16.3 Å². The largest absolute Gasteiger partial charge is 0.368 e. The fourth-order valence-corrected chi connectivity index (χ4v) is 6.06. The number of thiophene rings is 1. The molecule has 10 heteroatoms.